The summed E-state index contributed by atoms with van der Waals surface area (Å²) < 4.78 is 10.6. The molecule has 0 saturated heterocycles. The van der Waals surface area contributed by atoms with Gasteiger partial charge in [-0.2, -0.15) is 0 Å². The molecule has 0 aliphatic rings. The molecular weight excluding hydrogens is 789 g/mol. The highest BCUT2D eigenvalue weighted by atomic mass is 16.6. The Bertz CT molecular complexity index is 1370. The van der Waals surface area contributed by atoms with Gasteiger partial charge in [0.15, 0.2) is 6.10 Å². The zero-order chi connectivity index (χ0) is 46.3. The van der Waals surface area contributed by atoms with Crippen molar-refractivity contribution in [1.82, 2.24) is 0 Å². The molecule has 0 aromatic heterocycles. The monoisotopic (exact) mass is 883 g/mol. The molecule has 0 rings (SSSR count). The van der Waals surface area contributed by atoms with Crippen LogP contribution in [0.5, 0.6) is 0 Å². The summed E-state index contributed by atoms with van der Waals surface area (Å²) in [7, 11) is 0. The van der Waals surface area contributed by atoms with E-state index >= 15 is 0 Å². The summed E-state index contributed by atoms with van der Waals surface area (Å²) in [5, 5.41) is 9.61. The summed E-state index contributed by atoms with van der Waals surface area (Å²) in [6.45, 7) is 3.84. The molecule has 5 heteroatoms. The van der Waals surface area contributed by atoms with E-state index in [4.69, 9.17) is 9.47 Å². The SMILES string of the molecule is CC/C=C\C/C=C\C/C=C\C/C=C\C/C=C\C/C=C\CCC(=O)OC(CO)COC(=O)CCCCCCCCCCCCCCCCC/C=C\C/C=C\C/C=C\C/C=C\C/C=C\CC. The van der Waals surface area contributed by atoms with Gasteiger partial charge < -0.3 is 14.6 Å². The largest absolute Gasteiger partial charge is 0.462 e. The van der Waals surface area contributed by atoms with Crippen molar-refractivity contribution in [2.75, 3.05) is 13.2 Å². The van der Waals surface area contributed by atoms with Gasteiger partial charge in [0, 0.05) is 12.8 Å². The average Bonchev–Trinajstić information content (AvgIpc) is 3.30. The Hall–Kier alpha value is -3.96. The Morgan fingerprint density at radius 1 is 0.359 bits per heavy atom. The molecule has 0 radical (unpaired) electrons. The van der Waals surface area contributed by atoms with Crippen molar-refractivity contribution in [2.45, 2.75) is 213 Å². The van der Waals surface area contributed by atoms with E-state index in [0.717, 1.165) is 89.9 Å². The van der Waals surface area contributed by atoms with E-state index in [0.29, 0.717) is 12.8 Å². The van der Waals surface area contributed by atoms with Crippen LogP contribution in [0.15, 0.2) is 134 Å². The van der Waals surface area contributed by atoms with Crippen LogP contribution in [0.2, 0.25) is 0 Å². The molecule has 360 valence electrons. The zero-order valence-electron chi connectivity index (χ0n) is 41.0. The van der Waals surface area contributed by atoms with E-state index in [1.165, 1.54) is 83.5 Å². The van der Waals surface area contributed by atoms with Gasteiger partial charge in [-0.1, -0.05) is 231 Å². The molecule has 1 unspecified atom stereocenters. The third-order valence-electron chi connectivity index (χ3n) is 10.5. The molecule has 0 aromatic rings. The van der Waals surface area contributed by atoms with Crippen LogP contribution in [0.25, 0.3) is 0 Å². The fourth-order valence-electron chi connectivity index (χ4n) is 6.67. The van der Waals surface area contributed by atoms with Gasteiger partial charge in [0.25, 0.3) is 0 Å². The lowest BCUT2D eigenvalue weighted by Crippen LogP contribution is -2.28. The first-order chi connectivity index (χ1) is 31.6. The van der Waals surface area contributed by atoms with Gasteiger partial charge in [0.2, 0.25) is 0 Å². The number of esters is 2. The Kier molecular flexibility index (Phi) is 50.1. The van der Waals surface area contributed by atoms with Crippen LogP contribution >= 0.6 is 0 Å². The highest BCUT2D eigenvalue weighted by Crippen LogP contribution is 2.15. The number of rotatable bonds is 45. The topological polar surface area (TPSA) is 72.8 Å². The summed E-state index contributed by atoms with van der Waals surface area (Å²) in [6.07, 6.45) is 79.9. The zero-order valence-corrected chi connectivity index (χ0v) is 41.0. The van der Waals surface area contributed by atoms with E-state index in [9.17, 15) is 14.7 Å². The number of hydrogen-bond acceptors (Lipinski definition) is 5. The number of ether oxygens (including phenoxy) is 2. The Labute approximate surface area is 394 Å². The van der Waals surface area contributed by atoms with Gasteiger partial charge in [0.1, 0.15) is 6.61 Å². The highest BCUT2D eigenvalue weighted by Gasteiger charge is 2.15. The lowest BCUT2D eigenvalue weighted by molar-refractivity contribution is -0.161. The van der Waals surface area contributed by atoms with Gasteiger partial charge >= 0.3 is 11.9 Å². The second-order valence-electron chi connectivity index (χ2n) is 16.5. The van der Waals surface area contributed by atoms with Crippen molar-refractivity contribution in [1.29, 1.82) is 0 Å². The van der Waals surface area contributed by atoms with Crippen LogP contribution in [-0.2, 0) is 19.1 Å². The predicted molar refractivity (Wildman–Crippen MR) is 278 cm³/mol. The molecule has 0 aliphatic carbocycles. The van der Waals surface area contributed by atoms with Gasteiger partial charge in [-0.25, -0.2) is 0 Å². The van der Waals surface area contributed by atoms with Crippen molar-refractivity contribution in [3.8, 4) is 0 Å². The fraction of sp³-hybridized carbons (Fsp3) is 0.593. The molecule has 1 atom stereocenters. The molecule has 0 fully saturated rings. The summed E-state index contributed by atoms with van der Waals surface area (Å²) >= 11 is 0. The minimum absolute atomic E-state index is 0.104. The van der Waals surface area contributed by atoms with Gasteiger partial charge in [-0.3, -0.25) is 9.59 Å². The summed E-state index contributed by atoms with van der Waals surface area (Å²) in [4.78, 5) is 24.4. The maximum absolute atomic E-state index is 12.2. The third-order valence-corrected chi connectivity index (χ3v) is 10.5. The molecule has 0 spiro atoms. The van der Waals surface area contributed by atoms with Crippen LogP contribution < -0.4 is 0 Å². The van der Waals surface area contributed by atoms with Crippen LogP contribution in [0.1, 0.15) is 206 Å². The summed E-state index contributed by atoms with van der Waals surface area (Å²) in [5.41, 5.74) is 0. The molecule has 0 bridgehead atoms. The van der Waals surface area contributed by atoms with Crippen LogP contribution in [0.3, 0.4) is 0 Å². The van der Waals surface area contributed by atoms with E-state index in [1.807, 2.05) is 12.2 Å². The van der Waals surface area contributed by atoms with Gasteiger partial charge in [-0.15, -0.1) is 0 Å². The first-order valence-corrected chi connectivity index (χ1v) is 25.7. The first kappa shape index (κ1) is 60.0. The van der Waals surface area contributed by atoms with E-state index in [1.54, 1.807) is 0 Å². The first-order valence-electron chi connectivity index (χ1n) is 25.7. The Balaban J connectivity index is 3.59. The number of carbonyl (C=O) groups is 2. The van der Waals surface area contributed by atoms with E-state index < -0.39 is 12.1 Å². The van der Waals surface area contributed by atoms with E-state index in [2.05, 4.69) is 135 Å². The molecule has 0 aromatic carbocycles. The predicted octanol–water partition coefficient (Wildman–Crippen LogP) is 17.3. The van der Waals surface area contributed by atoms with Crippen molar-refractivity contribution in [2.24, 2.45) is 0 Å². The average molecular weight is 883 g/mol. The Morgan fingerprint density at radius 2 is 0.656 bits per heavy atom. The molecule has 0 heterocycles. The van der Waals surface area contributed by atoms with Crippen LogP contribution in [0, 0.1) is 0 Å². The number of unbranched alkanes of at least 4 members (excludes halogenated alkanes) is 15. The third kappa shape index (κ3) is 50.7. The lowest BCUT2D eigenvalue weighted by atomic mass is 10.0. The fourth-order valence-corrected chi connectivity index (χ4v) is 6.67. The molecule has 64 heavy (non-hydrogen) atoms. The second kappa shape index (κ2) is 53.4. The summed E-state index contributed by atoms with van der Waals surface area (Å²) in [6, 6.07) is 0. The van der Waals surface area contributed by atoms with E-state index in [-0.39, 0.29) is 25.6 Å². The maximum Gasteiger partial charge on any atom is 0.306 e. The quantitative estimate of drug-likeness (QED) is 0.0375. The van der Waals surface area contributed by atoms with Crippen molar-refractivity contribution >= 4 is 11.9 Å². The highest BCUT2D eigenvalue weighted by molar-refractivity contribution is 5.70. The van der Waals surface area contributed by atoms with Gasteiger partial charge in [-0.05, 0) is 96.3 Å². The molecule has 5 nitrogen and oxygen atoms in total. The van der Waals surface area contributed by atoms with Gasteiger partial charge in [0.05, 0.1) is 6.61 Å². The molecule has 1 N–H and O–H groups in total. The van der Waals surface area contributed by atoms with Crippen molar-refractivity contribution in [3.05, 3.63) is 134 Å². The molecule has 0 aliphatic heterocycles. The standard InChI is InChI=1S/C59H94O5/c1-3-5-7-9-11-13-15-17-19-21-23-24-25-26-27-28-29-30-31-32-33-34-36-37-39-41-43-45-47-49-51-53-58(61)63-56-57(55-60)64-59(62)54-52-50-48-46-44-42-40-38-35-22-20-18-16-14-12-10-8-6-4-2/h5-8,11-14,17-20,23-24,26-27,35,38,42,44,48,50,57,60H,3-4,9-10,15-16,21-22,25,28-34,36-37,39-41,43,45-47,49,51-56H2,1-2H3/b7-5-,8-6-,13-11-,14-12-,19-17-,20-18-,24-23-,27-26-,38-35-,44-42-,50-48-. The number of aliphatic hydroxyl groups excluding tert-OH is 1. The number of hydrogen-bond donors (Lipinski definition) is 1. The molecule has 0 amide bonds. The number of aliphatic hydroxyl groups is 1. The molecule has 0 saturated carbocycles. The number of allylic oxidation sites excluding steroid dienone is 22. The van der Waals surface area contributed by atoms with Crippen molar-refractivity contribution in [3.63, 3.8) is 0 Å². The number of carbonyl (C=O) groups excluding carboxylic acids is 2. The second-order valence-corrected chi connectivity index (χ2v) is 16.5. The Morgan fingerprint density at radius 3 is 1.00 bits per heavy atom. The lowest BCUT2D eigenvalue weighted by Gasteiger charge is -2.15. The van der Waals surface area contributed by atoms with Crippen molar-refractivity contribution < 1.29 is 24.2 Å². The van der Waals surface area contributed by atoms with Crippen LogP contribution in [0.4, 0.5) is 0 Å². The smallest absolute Gasteiger partial charge is 0.306 e. The minimum atomic E-state index is -0.821. The normalized spacial score (nSPS) is 13.4. The maximum atomic E-state index is 12.2. The summed E-state index contributed by atoms with van der Waals surface area (Å²) in [5.74, 6) is -0.696. The molecular formula is C59H94O5. The van der Waals surface area contributed by atoms with Crippen LogP contribution in [-0.4, -0.2) is 36.4 Å². The minimum Gasteiger partial charge on any atom is -0.462 e.